The Morgan fingerprint density at radius 1 is 0.882 bits per heavy atom. The molecule has 0 aliphatic carbocycles. The van der Waals surface area contributed by atoms with Gasteiger partial charge < -0.3 is 4.55 Å². The molecule has 1 unspecified atom stereocenters. The average Bonchev–Trinajstić information content (AvgIpc) is 2.26. The zero-order chi connectivity index (χ0) is 13.1. The predicted octanol–water partition coefficient (Wildman–Crippen LogP) is 4.31. The first-order valence-electron chi connectivity index (χ1n) is 7.17. The van der Waals surface area contributed by atoms with E-state index in [4.69, 9.17) is 5.14 Å². The van der Waals surface area contributed by atoms with E-state index in [2.05, 4.69) is 6.92 Å². The minimum Gasteiger partial charge on any atom is -0.598 e. The zero-order valence-corrected chi connectivity index (χ0v) is 12.8. The van der Waals surface area contributed by atoms with E-state index >= 15 is 0 Å². The van der Waals surface area contributed by atoms with Gasteiger partial charge in [-0.1, -0.05) is 58.3 Å². The molecule has 0 fully saturated rings. The number of hydrogen-bond acceptors (Lipinski definition) is 2. The molecule has 104 valence electrons. The van der Waals surface area contributed by atoms with Crippen LogP contribution in [0.4, 0.5) is 0 Å². The Morgan fingerprint density at radius 2 is 1.29 bits per heavy atom. The molecule has 2 nitrogen and oxygen atoms in total. The Kier molecular flexibility index (Phi) is 10.4. The summed E-state index contributed by atoms with van der Waals surface area (Å²) in [4.78, 5) is 0. The summed E-state index contributed by atoms with van der Waals surface area (Å²) >= 11 is -1.19. The minimum atomic E-state index is -1.19. The lowest BCUT2D eigenvalue weighted by atomic mass is 10.0. The largest absolute Gasteiger partial charge is 0.598 e. The van der Waals surface area contributed by atoms with Crippen LogP contribution in [0, 0.1) is 0 Å². The van der Waals surface area contributed by atoms with Crippen LogP contribution in [0.15, 0.2) is 0 Å². The van der Waals surface area contributed by atoms with Crippen LogP contribution < -0.4 is 5.14 Å². The van der Waals surface area contributed by atoms with Crippen molar-refractivity contribution < 1.29 is 4.55 Å². The summed E-state index contributed by atoms with van der Waals surface area (Å²) < 4.78 is 11.0. The number of unbranched alkanes of at least 4 members (excludes halogenated alkanes) is 8. The highest BCUT2D eigenvalue weighted by atomic mass is 32.2. The molecule has 17 heavy (non-hydrogen) atoms. The molecule has 0 heterocycles. The van der Waals surface area contributed by atoms with E-state index in [1.165, 1.54) is 51.4 Å². The molecule has 0 spiro atoms. The molecular formula is C14H31NOS. The van der Waals surface area contributed by atoms with Gasteiger partial charge in [-0.3, -0.25) is 0 Å². The second kappa shape index (κ2) is 10.2. The molecule has 0 amide bonds. The van der Waals surface area contributed by atoms with Crippen molar-refractivity contribution in [1.29, 1.82) is 0 Å². The van der Waals surface area contributed by atoms with E-state index in [0.29, 0.717) is 0 Å². The third-order valence-corrected chi connectivity index (χ3v) is 4.72. The quantitative estimate of drug-likeness (QED) is 0.445. The van der Waals surface area contributed by atoms with Crippen molar-refractivity contribution in [2.24, 2.45) is 5.14 Å². The molecule has 0 aromatic rings. The molecule has 0 radical (unpaired) electrons. The first kappa shape index (κ1) is 17.3. The Bertz CT molecular complexity index is 172. The third kappa shape index (κ3) is 9.93. The summed E-state index contributed by atoms with van der Waals surface area (Å²) in [6.45, 7) is 6.24. The molecular weight excluding hydrogens is 230 g/mol. The molecule has 0 saturated heterocycles. The van der Waals surface area contributed by atoms with Crippen molar-refractivity contribution in [3.63, 3.8) is 0 Å². The third-order valence-electron chi connectivity index (χ3n) is 3.43. The van der Waals surface area contributed by atoms with Gasteiger partial charge >= 0.3 is 0 Å². The fourth-order valence-electron chi connectivity index (χ4n) is 1.96. The van der Waals surface area contributed by atoms with E-state index in [0.717, 1.165) is 12.8 Å². The number of nitrogens with two attached hydrogens (primary N) is 1. The number of hydrogen-bond donors (Lipinski definition) is 1. The van der Waals surface area contributed by atoms with Crippen molar-refractivity contribution in [2.75, 3.05) is 0 Å². The average molecular weight is 261 g/mol. The highest BCUT2D eigenvalue weighted by Crippen LogP contribution is 2.21. The van der Waals surface area contributed by atoms with Gasteiger partial charge in [-0.05, 0) is 26.7 Å². The van der Waals surface area contributed by atoms with Crippen LogP contribution in [0.25, 0.3) is 0 Å². The van der Waals surface area contributed by atoms with Gasteiger partial charge in [0, 0.05) is 11.4 Å². The molecule has 0 bridgehead atoms. The lowest BCUT2D eigenvalue weighted by molar-refractivity contribution is 0.494. The van der Waals surface area contributed by atoms with Gasteiger partial charge in [-0.25, -0.2) is 0 Å². The van der Waals surface area contributed by atoms with Crippen molar-refractivity contribution in [2.45, 2.75) is 89.7 Å². The van der Waals surface area contributed by atoms with Gasteiger partial charge in [0.25, 0.3) is 0 Å². The van der Waals surface area contributed by atoms with Crippen molar-refractivity contribution in [1.82, 2.24) is 0 Å². The van der Waals surface area contributed by atoms with Gasteiger partial charge in [0.05, 0.1) is 0 Å². The Hall–Kier alpha value is 0.270. The van der Waals surface area contributed by atoms with Crippen LogP contribution in [0.5, 0.6) is 0 Å². The van der Waals surface area contributed by atoms with Crippen molar-refractivity contribution >= 4 is 11.4 Å². The molecule has 2 N–H and O–H groups in total. The topological polar surface area (TPSA) is 49.1 Å². The predicted molar refractivity (Wildman–Crippen MR) is 78.3 cm³/mol. The Labute approximate surface area is 111 Å². The maximum absolute atomic E-state index is 11.2. The van der Waals surface area contributed by atoms with Crippen molar-refractivity contribution in [3.8, 4) is 0 Å². The lowest BCUT2D eigenvalue weighted by Crippen LogP contribution is -2.37. The molecule has 0 saturated carbocycles. The lowest BCUT2D eigenvalue weighted by Gasteiger charge is -2.23. The minimum absolute atomic E-state index is 0.207. The van der Waals surface area contributed by atoms with Crippen LogP contribution in [-0.4, -0.2) is 9.30 Å². The van der Waals surface area contributed by atoms with Gasteiger partial charge in [-0.2, -0.15) is 5.14 Å². The standard InChI is InChI=1S/C14H31NOS/c1-4-5-6-7-8-9-10-11-12-13-14(2,3)17(15)16/h4-13,15H2,1-3H3. The van der Waals surface area contributed by atoms with Crippen molar-refractivity contribution in [3.05, 3.63) is 0 Å². The summed E-state index contributed by atoms with van der Waals surface area (Å²) in [6.07, 6.45) is 13.0. The molecule has 0 aliphatic heterocycles. The second-order valence-electron chi connectivity index (χ2n) is 5.64. The summed E-state index contributed by atoms with van der Waals surface area (Å²) in [7, 11) is 0. The van der Waals surface area contributed by atoms with E-state index < -0.39 is 11.4 Å². The van der Waals surface area contributed by atoms with E-state index in [1.54, 1.807) is 0 Å². The maximum atomic E-state index is 11.2. The normalized spacial score (nSPS) is 13.9. The van der Waals surface area contributed by atoms with Crippen LogP contribution in [-0.2, 0) is 11.4 Å². The van der Waals surface area contributed by atoms with Crippen LogP contribution in [0.2, 0.25) is 0 Å². The first-order valence-corrected chi connectivity index (χ1v) is 8.38. The van der Waals surface area contributed by atoms with Crippen LogP contribution >= 0.6 is 0 Å². The SMILES string of the molecule is CCCCCCCCCCCC(C)(C)[S+](N)[O-]. The van der Waals surface area contributed by atoms with E-state index in [9.17, 15) is 4.55 Å². The summed E-state index contributed by atoms with van der Waals surface area (Å²) in [5, 5.41) is 5.45. The van der Waals surface area contributed by atoms with Gasteiger partial charge in [0.1, 0.15) is 4.75 Å². The molecule has 0 aliphatic rings. The second-order valence-corrected chi connectivity index (χ2v) is 7.34. The van der Waals surface area contributed by atoms with E-state index in [1.807, 2.05) is 13.8 Å². The van der Waals surface area contributed by atoms with Crippen LogP contribution in [0.3, 0.4) is 0 Å². The van der Waals surface area contributed by atoms with Gasteiger partial charge in [0.2, 0.25) is 0 Å². The smallest absolute Gasteiger partial charge is 0.139 e. The molecule has 0 aromatic carbocycles. The summed E-state index contributed by atoms with van der Waals surface area (Å²) in [5.41, 5.74) is 0. The molecule has 0 rings (SSSR count). The number of rotatable bonds is 11. The molecule has 0 aromatic heterocycles. The monoisotopic (exact) mass is 261 g/mol. The fraction of sp³-hybridized carbons (Fsp3) is 1.00. The zero-order valence-electron chi connectivity index (χ0n) is 12.0. The highest BCUT2D eigenvalue weighted by molar-refractivity contribution is 7.90. The van der Waals surface area contributed by atoms with Crippen LogP contribution in [0.1, 0.15) is 85.0 Å². The first-order chi connectivity index (χ1) is 8.00. The van der Waals surface area contributed by atoms with Gasteiger partial charge in [0.15, 0.2) is 0 Å². The molecule has 3 heteroatoms. The highest BCUT2D eigenvalue weighted by Gasteiger charge is 2.28. The summed E-state index contributed by atoms with van der Waals surface area (Å²) in [5.74, 6) is 0. The van der Waals surface area contributed by atoms with Gasteiger partial charge in [-0.15, -0.1) is 0 Å². The fourth-order valence-corrected chi connectivity index (χ4v) is 2.31. The van der Waals surface area contributed by atoms with E-state index in [-0.39, 0.29) is 4.75 Å². The Balaban J connectivity index is 3.24. The molecule has 1 atom stereocenters. The maximum Gasteiger partial charge on any atom is 0.139 e. The summed E-state index contributed by atoms with van der Waals surface area (Å²) in [6, 6.07) is 0. The Morgan fingerprint density at radius 3 is 1.71 bits per heavy atom.